The van der Waals surface area contributed by atoms with Gasteiger partial charge in [-0.3, -0.25) is 4.90 Å². The lowest BCUT2D eigenvalue weighted by atomic mass is 10.2. The summed E-state index contributed by atoms with van der Waals surface area (Å²) < 4.78 is 14.2. The van der Waals surface area contributed by atoms with E-state index in [0.717, 1.165) is 28.4 Å². The topological polar surface area (TPSA) is 3.24 Å². The Morgan fingerprint density at radius 3 is 2.17 bits per heavy atom. The maximum absolute atomic E-state index is 13.4. The highest BCUT2D eigenvalue weighted by atomic mass is 79.9. The first-order valence-electron chi connectivity index (χ1n) is 6.86. The summed E-state index contributed by atoms with van der Waals surface area (Å²) in [7, 11) is 0. The van der Waals surface area contributed by atoms with Crippen LogP contribution in [0.4, 0.5) is 4.39 Å². The van der Waals surface area contributed by atoms with Crippen molar-refractivity contribution in [1.82, 2.24) is 4.90 Å². The Hall–Kier alpha value is -0.410. The zero-order valence-corrected chi connectivity index (χ0v) is 12.1. The molecule has 0 saturated heterocycles. The summed E-state index contributed by atoms with van der Waals surface area (Å²) in [6, 6.07) is 5.23. The van der Waals surface area contributed by atoms with Crippen LogP contribution in [0.5, 0.6) is 0 Å². The van der Waals surface area contributed by atoms with E-state index in [0.29, 0.717) is 0 Å². The fourth-order valence-corrected chi connectivity index (χ4v) is 3.01. The summed E-state index contributed by atoms with van der Waals surface area (Å²) in [4.78, 5) is 2.52. The van der Waals surface area contributed by atoms with Gasteiger partial charge in [-0.25, -0.2) is 4.39 Å². The molecule has 0 unspecified atom stereocenters. The van der Waals surface area contributed by atoms with Crippen LogP contribution in [0, 0.1) is 17.7 Å². The van der Waals surface area contributed by atoms with E-state index < -0.39 is 0 Å². The van der Waals surface area contributed by atoms with E-state index in [-0.39, 0.29) is 5.82 Å². The van der Waals surface area contributed by atoms with Crippen LogP contribution in [0.2, 0.25) is 0 Å². The van der Waals surface area contributed by atoms with Crippen LogP contribution in [0.15, 0.2) is 22.7 Å². The predicted octanol–water partition coefficient (Wildman–Crippen LogP) is 4.21. The number of nitrogens with zero attached hydrogens (tertiary/aromatic N) is 1. The van der Waals surface area contributed by atoms with Gasteiger partial charge in [-0.05, 0) is 61.3 Å². The maximum atomic E-state index is 13.4. The van der Waals surface area contributed by atoms with Gasteiger partial charge < -0.3 is 0 Å². The Balaban J connectivity index is 1.65. The molecule has 1 nitrogen and oxygen atoms in total. The first-order valence-corrected chi connectivity index (χ1v) is 7.65. The molecule has 0 radical (unpaired) electrons. The van der Waals surface area contributed by atoms with Gasteiger partial charge in [0.1, 0.15) is 5.82 Å². The summed E-state index contributed by atoms with van der Waals surface area (Å²) >= 11 is 3.37. The summed E-state index contributed by atoms with van der Waals surface area (Å²) in [6.07, 6.45) is 5.53. The van der Waals surface area contributed by atoms with Gasteiger partial charge in [-0.15, -0.1) is 0 Å². The van der Waals surface area contributed by atoms with Crippen molar-refractivity contribution in [1.29, 1.82) is 0 Å². The molecule has 98 valence electrons. The van der Waals surface area contributed by atoms with Gasteiger partial charge >= 0.3 is 0 Å². The number of benzene rings is 1. The van der Waals surface area contributed by atoms with Gasteiger partial charge in [0, 0.05) is 24.1 Å². The lowest BCUT2D eigenvalue weighted by Gasteiger charge is -2.22. The minimum absolute atomic E-state index is 0.142. The fraction of sp³-hybridized carbons (Fsp3) is 0.600. The van der Waals surface area contributed by atoms with Crippen molar-refractivity contribution in [3.8, 4) is 0 Å². The molecular weight excluding hydrogens is 293 g/mol. The maximum Gasteiger partial charge on any atom is 0.124 e. The van der Waals surface area contributed by atoms with E-state index in [1.54, 1.807) is 6.07 Å². The first-order chi connectivity index (χ1) is 8.69. The quantitative estimate of drug-likeness (QED) is 0.760. The standard InChI is InChI=1S/C15H19BrFN/c16-14-5-13(6-15(17)7-14)10-18(8-11-1-2-11)9-12-3-4-12/h5-7,11-12H,1-4,8-10H2. The van der Waals surface area contributed by atoms with Crippen LogP contribution in [-0.4, -0.2) is 18.0 Å². The molecule has 0 heterocycles. The van der Waals surface area contributed by atoms with Gasteiger partial charge in [0.05, 0.1) is 0 Å². The number of rotatable bonds is 6. The molecule has 18 heavy (non-hydrogen) atoms. The van der Waals surface area contributed by atoms with Crippen LogP contribution >= 0.6 is 15.9 Å². The van der Waals surface area contributed by atoms with E-state index in [1.165, 1.54) is 44.8 Å². The van der Waals surface area contributed by atoms with Crippen LogP contribution < -0.4 is 0 Å². The molecule has 2 fully saturated rings. The van der Waals surface area contributed by atoms with E-state index in [2.05, 4.69) is 20.8 Å². The molecule has 0 aromatic heterocycles. The fourth-order valence-electron chi connectivity index (χ4n) is 2.50. The van der Waals surface area contributed by atoms with E-state index in [9.17, 15) is 4.39 Å². The zero-order chi connectivity index (χ0) is 12.5. The second-order valence-corrected chi connectivity index (χ2v) is 6.77. The average molecular weight is 312 g/mol. The van der Waals surface area contributed by atoms with Crippen LogP contribution in [0.1, 0.15) is 31.2 Å². The van der Waals surface area contributed by atoms with Crippen molar-refractivity contribution in [2.75, 3.05) is 13.1 Å². The Morgan fingerprint density at radius 2 is 1.67 bits per heavy atom. The van der Waals surface area contributed by atoms with Crippen LogP contribution in [0.25, 0.3) is 0 Å². The highest BCUT2D eigenvalue weighted by Crippen LogP contribution is 2.34. The summed E-state index contributed by atoms with van der Waals surface area (Å²) in [5.74, 6) is 1.67. The highest BCUT2D eigenvalue weighted by molar-refractivity contribution is 9.10. The van der Waals surface area contributed by atoms with E-state index in [4.69, 9.17) is 0 Å². The van der Waals surface area contributed by atoms with Crippen molar-refractivity contribution in [3.05, 3.63) is 34.1 Å². The third kappa shape index (κ3) is 3.79. The van der Waals surface area contributed by atoms with Crippen LogP contribution in [-0.2, 0) is 6.54 Å². The third-order valence-corrected chi connectivity index (χ3v) is 4.21. The number of halogens is 2. The third-order valence-electron chi connectivity index (χ3n) is 3.76. The molecule has 2 saturated carbocycles. The largest absolute Gasteiger partial charge is 0.299 e. The first kappa shape index (κ1) is 12.6. The van der Waals surface area contributed by atoms with Crippen molar-refractivity contribution < 1.29 is 4.39 Å². The van der Waals surface area contributed by atoms with Crippen molar-refractivity contribution >= 4 is 15.9 Å². The molecule has 0 N–H and O–H groups in total. The predicted molar refractivity (Wildman–Crippen MR) is 74.8 cm³/mol. The van der Waals surface area contributed by atoms with Gasteiger partial charge in [0.15, 0.2) is 0 Å². The monoisotopic (exact) mass is 311 g/mol. The molecule has 0 spiro atoms. The smallest absolute Gasteiger partial charge is 0.124 e. The lowest BCUT2D eigenvalue weighted by Crippen LogP contribution is -2.27. The summed E-state index contributed by atoms with van der Waals surface area (Å²) in [6.45, 7) is 3.29. The van der Waals surface area contributed by atoms with Gasteiger partial charge in [0.25, 0.3) is 0 Å². The number of hydrogen-bond acceptors (Lipinski definition) is 1. The average Bonchev–Trinajstić information content (AvgIpc) is 3.11. The van der Waals surface area contributed by atoms with E-state index >= 15 is 0 Å². The molecular formula is C15H19BrFN. The molecule has 2 aliphatic carbocycles. The Bertz CT molecular complexity index is 392. The van der Waals surface area contributed by atoms with Crippen molar-refractivity contribution in [2.45, 2.75) is 32.2 Å². The molecule has 3 heteroatoms. The van der Waals surface area contributed by atoms with E-state index in [1.807, 2.05) is 6.07 Å². The van der Waals surface area contributed by atoms with Crippen molar-refractivity contribution in [2.24, 2.45) is 11.8 Å². The SMILES string of the molecule is Fc1cc(Br)cc(CN(CC2CC2)CC2CC2)c1. The normalized spacial score (nSPS) is 19.5. The molecule has 0 atom stereocenters. The molecule has 0 bridgehead atoms. The molecule has 3 rings (SSSR count). The van der Waals surface area contributed by atoms with Crippen molar-refractivity contribution in [3.63, 3.8) is 0 Å². The second-order valence-electron chi connectivity index (χ2n) is 5.86. The zero-order valence-electron chi connectivity index (χ0n) is 10.5. The van der Waals surface area contributed by atoms with Crippen LogP contribution in [0.3, 0.4) is 0 Å². The molecule has 1 aromatic rings. The lowest BCUT2D eigenvalue weighted by molar-refractivity contribution is 0.244. The Labute approximate surface area is 116 Å². The minimum Gasteiger partial charge on any atom is -0.299 e. The number of hydrogen-bond donors (Lipinski definition) is 0. The molecule has 2 aliphatic rings. The molecule has 0 aliphatic heterocycles. The van der Waals surface area contributed by atoms with Gasteiger partial charge in [0.2, 0.25) is 0 Å². The Morgan fingerprint density at radius 1 is 1.06 bits per heavy atom. The molecule has 1 aromatic carbocycles. The minimum atomic E-state index is -0.142. The highest BCUT2D eigenvalue weighted by Gasteiger charge is 2.29. The van der Waals surface area contributed by atoms with Gasteiger partial charge in [-0.1, -0.05) is 15.9 Å². The second kappa shape index (κ2) is 5.30. The Kier molecular flexibility index (Phi) is 3.71. The summed E-state index contributed by atoms with van der Waals surface area (Å²) in [5.41, 5.74) is 1.09. The molecule has 0 amide bonds. The van der Waals surface area contributed by atoms with Gasteiger partial charge in [-0.2, -0.15) is 0 Å². The summed E-state index contributed by atoms with van der Waals surface area (Å²) in [5, 5.41) is 0.